The fourth-order valence-electron chi connectivity index (χ4n) is 4.28. The number of pyridine rings is 1. The van der Waals surface area contributed by atoms with Crippen molar-refractivity contribution >= 4 is 16.6 Å². The number of hydrogen-bond acceptors (Lipinski definition) is 6. The molecule has 0 unspecified atom stereocenters. The van der Waals surface area contributed by atoms with E-state index in [2.05, 4.69) is 52.2 Å². The zero-order chi connectivity index (χ0) is 18.8. The first-order chi connectivity index (χ1) is 13.2. The molecule has 142 valence electrons. The Morgan fingerprint density at radius 1 is 1.30 bits per heavy atom. The highest BCUT2D eigenvalue weighted by Crippen LogP contribution is 2.30. The van der Waals surface area contributed by atoms with Gasteiger partial charge < -0.3 is 15.0 Å². The van der Waals surface area contributed by atoms with Gasteiger partial charge >= 0.3 is 0 Å². The number of aromatic nitrogens is 1. The molecule has 0 radical (unpaired) electrons. The molecule has 1 N–H and O–H groups in total. The highest BCUT2D eigenvalue weighted by molar-refractivity contribution is 5.95. The lowest BCUT2D eigenvalue weighted by Crippen LogP contribution is -2.56. The van der Waals surface area contributed by atoms with Crippen LogP contribution in [0.25, 0.3) is 10.9 Å². The van der Waals surface area contributed by atoms with Crippen molar-refractivity contribution < 1.29 is 4.74 Å². The van der Waals surface area contributed by atoms with Crippen LogP contribution in [0.1, 0.15) is 19.4 Å². The Morgan fingerprint density at radius 2 is 2.19 bits per heavy atom. The Hall–Kier alpha value is -2.20. The minimum Gasteiger partial charge on any atom is -0.370 e. The molecule has 1 aromatic heterocycles. The molecule has 2 fully saturated rings. The van der Waals surface area contributed by atoms with Crippen molar-refractivity contribution in [1.82, 2.24) is 15.2 Å². The number of piperazine rings is 1. The molecule has 27 heavy (non-hydrogen) atoms. The maximum Gasteiger partial charge on any atom is 0.101 e. The molecule has 0 amide bonds. The third-order valence-corrected chi connectivity index (χ3v) is 5.61. The average molecular weight is 365 g/mol. The van der Waals surface area contributed by atoms with Gasteiger partial charge in [0.1, 0.15) is 6.07 Å². The zero-order valence-corrected chi connectivity index (χ0v) is 16.1. The Morgan fingerprint density at radius 3 is 3.00 bits per heavy atom. The molecule has 2 aliphatic rings. The van der Waals surface area contributed by atoms with Gasteiger partial charge in [-0.2, -0.15) is 5.26 Å². The summed E-state index contributed by atoms with van der Waals surface area (Å²) in [6, 6.07) is 10.7. The summed E-state index contributed by atoms with van der Waals surface area (Å²) in [6.07, 6.45) is 2.10. The van der Waals surface area contributed by atoms with Crippen LogP contribution in [-0.4, -0.2) is 67.4 Å². The minimum atomic E-state index is 0.171. The number of hydrogen-bond donors (Lipinski definition) is 1. The van der Waals surface area contributed by atoms with Crippen LogP contribution < -0.4 is 10.2 Å². The molecule has 0 saturated carbocycles. The van der Waals surface area contributed by atoms with E-state index < -0.39 is 0 Å². The van der Waals surface area contributed by atoms with Gasteiger partial charge in [0, 0.05) is 62.6 Å². The molecule has 2 aromatic rings. The SMILES string of the molecule is C[C@@H]1CN(c2ccc(C#N)c3ncccc23)C[C@@H](CN2CCNC[C@H]2C)O1. The molecule has 6 heteroatoms. The summed E-state index contributed by atoms with van der Waals surface area (Å²) in [6.45, 7) is 10.2. The summed E-state index contributed by atoms with van der Waals surface area (Å²) in [7, 11) is 0. The smallest absolute Gasteiger partial charge is 0.101 e. The maximum atomic E-state index is 9.39. The number of morpholine rings is 1. The first-order valence-corrected chi connectivity index (χ1v) is 9.78. The number of benzene rings is 1. The van der Waals surface area contributed by atoms with E-state index in [0.717, 1.165) is 55.9 Å². The molecule has 0 bridgehead atoms. The van der Waals surface area contributed by atoms with Crippen molar-refractivity contribution in [3.05, 3.63) is 36.0 Å². The van der Waals surface area contributed by atoms with Crippen molar-refractivity contribution in [3.63, 3.8) is 0 Å². The van der Waals surface area contributed by atoms with E-state index in [1.165, 1.54) is 0 Å². The quantitative estimate of drug-likeness (QED) is 0.898. The molecule has 2 saturated heterocycles. The summed E-state index contributed by atoms with van der Waals surface area (Å²) in [4.78, 5) is 9.38. The van der Waals surface area contributed by atoms with Gasteiger partial charge in [-0.1, -0.05) is 0 Å². The van der Waals surface area contributed by atoms with E-state index in [1.54, 1.807) is 6.20 Å². The maximum absolute atomic E-state index is 9.39. The number of anilines is 1. The van der Waals surface area contributed by atoms with Crippen LogP contribution >= 0.6 is 0 Å². The number of rotatable bonds is 3. The first kappa shape index (κ1) is 18.2. The Labute approximate surface area is 160 Å². The molecule has 0 aliphatic carbocycles. The Kier molecular flexibility index (Phi) is 5.26. The second kappa shape index (κ2) is 7.81. The molecule has 6 nitrogen and oxygen atoms in total. The zero-order valence-electron chi connectivity index (χ0n) is 16.1. The lowest BCUT2D eigenvalue weighted by molar-refractivity contribution is -0.0393. The van der Waals surface area contributed by atoms with Gasteiger partial charge in [-0.25, -0.2) is 0 Å². The first-order valence-electron chi connectivity index (χ1n) is 9.78. The highest BCUT2D eigenvalue weighted by atomic mass is 16.5. The largest absolute Gasteiger partial charge is 0.370 e. The lowest BCUT2D eigenvalue weighted by Gasteiger charge is -2.42. The average Bonchev–Trinajstić information content (AvgIpc) is 2.68. The van der Waals surface area contributed by atoms with Crippen LogP contribution in [0.15, 0.2) is 30.5 Å². The van der Waals surface area contributed by atoms with Gasteiger partial charge in [-0.15, -0.1) is 0 Å². The van der Waals surface area contributed by atoms with Gasteiger partial charge in [0.05, 0.1) is 23.3 Å². The standard InChI is InChI=1S/C21H27N5O/c1-15-11-23-8-9-25(15)13-18-14-26(12-16(2)27-18)20-6-5-17(10-22)21-19(20)4-3-7-24-21/h3-7,15-16,18,23H,8-9,11-14H2,1-2H3/t15-,16-,18-/m1/s1. The van der Waals surface area contributed by atoms with E-state index in [1.807, 2.05) is 12.1 Å². The molecule has 0 spiro atoms. The summed E-state index contributed by atoms with van der Waals surface area (Å²) < 4.78 is 6.27. The van der Waals surface area contributed by atoms with Crippen molar-refractivity contribution in [2.24, 2.45) is 0 Å². The van der Waals surface area contributed by atoms with Crippen LogP contribution in [0.4, 0.5) is 5.69 Å². The number of nitrogens with one attached hydrogen (secondary N) is 1. The second-order valence-electron chi connectivity index (χ2n) is 7.67. The number of nitriles is 1. The van der Waals surface area contributed by atoms with Crippen molar-refractivity contribution in [2.45, 2.75) is 32.1 Å². The summed E-state index contributed by atoms with van der Waals surface area (Å²) in [5.41, 5.74) is 2.55. The third-order valence-electron chi connectivity index (χ3n) is 5.61. The van der Waals surface area contributed by atoms with E-state index in [9.17, 15) is 5.26 Å². The van der Waals surface area contributed by atoms with Crippen molar-refractivity contribution in [3.8, 4) is 6.07 Å². The molecule has 2 aliphatic heterocycles. The van der Waals surface area contributed by atoms with Gasteiger partial charge in [0.15, 0.2) is 0 Å². The van der Waals surface area contributed by atoms with Gasteiger partial charge in [0.25, 0.3) is 0 Å². The minimum absolute atomic E-state index is 0.171. The molecule has 4 rings (SSSR count). The predicted octanol–water partition coefficient (Wildman–Crippen LogP) is 1.99. The van der Waals surface area contributed by atoms with Crippen LogP contribution in [-0.2, 0) is 4.74 Å². The lowest BCUT2D eigenvalue weighted by atomic mass is 10.1. The molecule has 3 heterocycles. The van der Waals surface area contributed by atoms with Crippen molar-refractivity contribution in [1.29, 1.82) is 5.26 Å². The molecule has 3 atom stereocenters. The molecule has 1 aromatic carbocycles. The van der Waals surface area contributed by atoms with E-state index in [0.29, 0.717) is 11.6 Å². The number of ether oxygens (including phenoxy) is 1. The normalized spacial score (nSPS) is 26.9. The fourth-order valence-corrected chi connectivity index (χ4v) is 4.28. The monoisotopic (exact) mass is 365 g/mol. The topological polar surface area (TPSA) is 64.4 Å². The van der Waals surface area contributed by atoms with Crippen molar-refractivity contribution in [2.75, 3.05) is 44.2 Å². The second-order valence-corrected chi connectivity index (χ2v) is 7.67. The highest BCUT2D eigenvalue weighted by Gasteiger charge is 2.30. The fraction of sp³-hybridized carbons (Fsp3) is 0.524. The van der Waals surface area contributed by atoms with E-state index in [-0.39, 0.29) is 12.2 Å². The van der Waals surface area contributed by atoms with Crippen LogP contribution in [0.5, 0.6) is 0 Å². The molecular weight excluding hydrogens is 338 g/mol. The number of fused-ring (bicyclic) bond motifs is 1. The van der Waals surface area contributed by atoms with Crippen LogP contribution in [0, 0.1) is 11.3 Å². The van der Waals surface area contributed by atoms with Gasteiger partial charge in [-0.3, -0.25) is 9.88 Å². The Bertz CT molecular complexity index is 848. The predicted molar refractivity (Wildman–Crippen MR) is 107 cm³/mol. The Balaban J connectivity index is 1.58. The number of nitrogens with zero attached hydrogens (tertiary/aromatic N) is 4. The van der Waals surface area contributed by atoms with Gasteiger partial charge in [0.2, 0.25) is 0 Å². The van der Waals surface area contributed by atoms with E-state index >= 15 is 0 Å². The van der Waals surface area contributed by atoms with Crippen LogP contribution in [0.2, 0.25) is 0 Å². The van der Waals surface area contributed by atoms with Gasteiger partial charge in [-0.05, 0) is 38.1 Å². The summed E-state index contributed by atoms with van der Waals surface area (Å²) >= 11 is 0. The third kappa shape index (κ3) is 3.77. The summed E-state index contributed by atoms with van der Waals surface area (Å²) in [5.74, 6) is 0. The van der Waals surface area contributed by atoms with Crippen LogP contribution in [0.3, 0.4) is 0 Å². The van der Waals surface area contributed by atoms with E-state index in [4.69, 9.17) is 4.74 Å². The summed E-state index contributed by atoms with van der Waals surface area (Å²) in [5, 5.41) is 13.9. The molecular formula is C21H27N5O.